The minimum Gasteiger partial charge on any atom is -0.475 e. The maximum Gasteiger partial charge on any atom is 0.371 e. The van der Waals surface area contributed by atoms with Crippen molar-refractivity contribution >= 4 is 29.3 Å². The fourth-order valence-electron chi connectivity index (χ4n) is 1.32. The Morgan fingerprint density at radius 3 is 2.83 bits per heavy atom. The summed E-state index contributed by atoms with van der Waals surface area (Å²) in [7, 11) is 0. The van der Waals surface area contributed by atoms with Crippen LogP contribution in [-0.4, -0.2) is 11.1 Å². The van der Waals surface area contributed by atoms with Crippen LogP contribution in [0.25, 0.3) is 0 Å². The second kappa shape index (κ2) is 5.46. The summed E-state index contributed by atoms with van der Waals surface area (Å²) in [6.07, 6.45) is 0. The topological polar surface area (TPSA) is 50.4 Å². The third kappa shape index (κ3) is 2.86. The summed E-state index contributed by atoms with van der Waals surface area (Å²) < 4.78 is 18.2. The molecule has 3 nitrogen and oxygen atoms in total. The van der Waals surface area contributed by atoms with Crippen LogP contribution in [0.2, 0.25) is 5.02 Å². The average molecular weight is 287 g/mol. The highest BCUT2D eigenvalue weighted by Crippen LogP contribution is 2.29. The second-order valence-corrected chi connectivity index (χ2v) is 4.78. The van der Waals surface area contributed by atoms with Crippen molar-refractivity contribution in [2.75, 3.05) is 0 Å². The van der Waals surface area contributed by atoms with Crippen LogP contribution in [0.4, 0.5) is 4.39 Å². The number of carbonyl (C=O) groups is 1. The lowest BCUT2D eigenvalue weighted by atomic mass is 10.2. The van der Waals surface area contributed by atoms with Gasteiger partial charge in [-0.25, -0.2) is 9.18 Å². The monoisotopic (exact) mass is 286 g/mol. The van der Waals surface area contributed by atoms with E-state index in [9.17, 15) is 9.18 Å². The first kappa shape index (κ1) is 13.0. The number of halogens is 2. The van der Waals surface area contributed by atoms with E-state index in [1.807, 2.05) is 0 Å². The summed E-state index contributed by atoms with van der Waals surface area (Å²) in [5, 5.41) is 9.22. The molecule has 0 aliphatic carbocycles. The molecule has 0 saturated carbocycles. The molecule has 0 atom stereocenters. The van der Waals surface area contributed by atoms with E-state index in [0.29, 0.717) is 16.4 Å². The van der Waals surface area contributed by atoms with Crippen LogP contribution in [0.3, 0.4) is 0 Å². The SMILES string of the molecule is O=C(O)c1ccc(SCc2cccc(F)c2Cl)o1. The lowest BCUT2D eigenvalue weighted by Crippen LogP contribution is -1.91. The zero-order valence-electron chi connectivity index (χ0n) is 9.02. The van der Waals surface area contributed by atoms with Crippen molar-refractivity contribution in [1.29, 1.82) is 0 Å². The van der Waals surface area contributed by atoms with Crippen LogP contribution >= 0.6 is 23.4 Å². The molecule has 2 rings (SSSR count). The fourth-order valence-corrected chi connectivity index (χ4v) is 2.44. The van der Waals surface area contributed by atoms with Crippen LogP contribution < -0.4 is 0 Å². The predicted molar refractivity (Wildman–Crippen MR) is 66.6 cm³/mol. The van der Waals surface area contributed by atoms with Crippen LogP contribution in [0.15, 0.2) is 39.8 Å². The molecule has 2 aromatic rings. The van der Waals surface area contributed by atoms with Gasteiger partial charge >= 0.3 is 5.97 Å². The van der Waals surface area contributed by atoms with Crippen LogP contribution in [0.1, 0.15) is 16.1 Å². The van der Waals surface area contributed by atoms with Crippen molar-refractivity contribution in [3.05, 3.63) is 52.5 Å². The molecule has 18 heavy (non-hydrogen) atoms. The number of benzene rings is 1. The number of carboxylic acids is 1. The molecule has 0 fully saturated rings. The van der Waals surface area contributed by atoms with E-state index in [-0.39, 0.29) is 10.8 Å². The Balaban J connectivity index is 2.07. The summed E-state index contributed by atoms with van der Waals surface area (Å²) >= 11 is 7.06. The molecule has 94 valence electrons. The molecule has 1 aromatic carbocycles. The number of hydrogen-bond acceptors (Lipinski definition) is 3. The van der Waals surface area contributed by atoms with Gasteiger partial charge in [-0.15, -0.1) is 0 Å². The maximum absolute atomic E-state index is 13.2. The quantitative estimate of drug-likeness (QED) is 0.861. The molecule has 0 unspecified atom stereocenters. The highest BCUT2D eigenvalue weighted by atomic mass is 35.5. The first-order chi connectivity index (χ1) is 8.58. The number of hydrogen-bond donors (Lipinski definition) is 1. The highest BCUT2D eigenvalue weighted by Gasteiger charge is 2.11. The van der Waals surface area contributed by atoms with Crippen molar-refractivity contribution in [2.45, 2.75) is 10.8 Å². The predicted octanol–water partition coefficient (Wildman–Crippen LogP) is 4.06. The van der Waals surface area contributed by atoms with Crippen molar-refractivity contribution < 1.29 is 18.7 Å². The van der Waals surface area contributed by atoms with E-state index < -0.39 is 11.8 Å². The largest absolute Gasteiger partial charge is 0.475 e. The lowest BCUT2D eigenvalue weighted by Gasteiger charge is -2.03. The van der Waals surface area contributed by atoms with E-state index in [1.54, 1.807) is 18.2 Å². The molecule has 0 amide bonds. The van der Waals surface area contributed by atoms with Gasteiger partial charge in [-0.05, 0) is 23.8 Å². The molecule has 1 heterocycles. The van der Waals surface area contributed by atoms with Gasteiger partial charge < -0.3 is 9.52 Å². The molecule has 0 spiro atoms. The van der Waals surface area contributed by atoms with E-state index in [1.165, 1.54) is 23.9 Å². The van der Waals surface area contributed by atoms with Crippen molar-refractivity contribution in [2.24, 2.45) is 0 Å². The lowest BCUT2D eigenvalue weighted by molar-refractivity contribution is 0.0656. The Labute approximate surface area is 112 Å². The van der Waals surface area contributed by atoms with Crippen molar-refractivity contribution in [1.82, 2.24) is 0 Å². The zero-order valence-corrected chi connectivity index (χ0v) is 10.6. The first-order valence-electron chi connectivity index (χ1n) is 4.96. The third-order valence-electron chi connectivity index (χ3n) is 2.19. The van der Waals surface area contributed by atoms with Crippen LogP contribution in [-0.2, 0) is 5.75 Å². The van der Waals surface area contributed by atoms with Gasteiger partial charge in [0, 0.05) is 5.75 Å². The van der Waals surface area contributed by atoms with Gasteiger partial charge in [0.2, 0.25) is 5.76 Å². The summed E-state index contributed by atoms with van der Waals surface area (Å²) in [6.45, 7) is 0. The van der Waals surface area contributed by atoms with Crippen molar-refractivity contribution in [3.8, 4) is 0 Å². The van der Waals surface area contributed by atoms with Gasteiger partial charge in [-0.1, -0.05) is 35.5 Å². The van der Waals surface area contributed by atoms with E-state index in [2.05, 4.69) is 0 Å². The summed E-state index contributed by atoms with van der Waals surface area (Å²) in [4.78, 5) is 10.6. The average Bonchev–Trinajstić information content (AvgIpc) is 2.80. The summed E-state index contributed by atoms with van der Waals surface area (Å²) in [5.41, 5.74) is 0.634. The maximum atomic E-state index is 13.2. The number of thioether (sulfide) groups is 1. The number of furan rings is 1. The minimum absolute atomic E-state index is 0.0787. The van der Waals surface area contributed by atoms with Crippen LogP contribution in [0, 0.1) is 5.82 Å². The second-order valence-electron chi connectivity index (χ2n) is 3.43. The number of aromatic carboxylic acids is 1. The van der Waals surface area contributed by atoms with Gasteiger partial charge in [-0.2, -0.15) is 0 Å². The van der Waals surface area contributed by atoms with Gasteiger partial charge in [-0.3, -0.25) is 0 Å². The van der Waals surface area contributed by atoms with Gasteiger partial charge in [0.05, 0.1) is 5.02 Å². The van der Waals surface area contributed by atoms with Gasteiger partial charge in [0.25, 0.3) is 0 Å². The zero-order chi connectivity index (χ0) is 13.1. The van der Waals surface area contributed by atoms with E-state index in [0.717, 1.165) is 0 Å². The molecule has 0 aliphatic heterocycles. The molecule has 0 bridgehead atoms. The Hall–Kier alpha value is -1.46. The molecular formula is C12H8ClFO3S. The minimum atomic E-state index is -1.12. The van der Waals surface area contributed by atoms with Gasteiger partial charge in [0.15, 0.2) is 5.09 Å². The molecule has 0 aliphatic rings. The molecule has 6 heteroatoms. The Morgan fingerprint density at radius 1 is 1.39 bits per heavy atom. The summed E-state index contributed by atoms with van der Waals surface area (Å²) in [6, 6.07) is 7.49. The van der Waals surface area contributed by atoms with Gasteiger partial charge in [0.1, 0.15) is 5.82 Å². The Morgan fingerprint density at radius 2 is 2.17 bits per heavy atom. The van der Waals surface area contributed by atoms with E-state index in [4.69, 9.17) is 21.1 Å². The number of rotatable bonds is 4. The Bertz CT molecular complexity index is 582. The molecule has 0 saturated heterocycles. The number of carboxylic acid groups (broad SMARTS) is 1. The summed E-state index contributed by atoms with van der Waals surface area (Å²) in [5.74, 6) is -1.31. The molecule has 1 aromatic heterocycles. The van der Waals surface area contributed by atoms with Crippen molar-refractivity contribution in [3.63, 3.8) is 0 Å². The molecule has 1 N–H and O–H groups in total. The Kier molecular flexibility index (Phi) is 3.93. The highest BCUT2D eigenvalue weighted by molar-refractivity contribution is 7.98. The smallest absolute Gasteiger partial charge is 0.371 e. The third-order valence-corrected chi connectivity index (χ3v) is 3.58. The standard InChI is InChI=1S/C12H8ClFO3S/c13-11-7(2-1-3-8(11)14)6-18-10-5-4-9(17-10)12(15)16/h1-5H,6H2,(H,15,16). The fraction of sp³-hybridized carbons (Fsp3) is 0.0833. The molecule has 0 radical (unpaired) electrons. The van der Waals surface area contributed by atoms with Crippen LogP contribution in [0.5, 0.6) is 0 Å². The molecular weight excluding hydrogens is 279 g/mol. The first-order valence-corrected chi connectivity index (χ1v) is 6.33. The van der Waals surface area contributed by atoms with E-state index >= 15 is 0 Å². The normalized spacial score (nSPS) is 10.6.